The first-order valence-electron chi connectivity index (χ1n) is 9.51. The highest BCUT2D eigenvalue weighted by molar-refractivity contribution is 6.33. The van der Waals surface area contributed by atoms with Gasteiger partial charge in [0, 0.05) is 31.5 Å². The van der Waals surface area contributed by atoms with Crippen molar-refractivity contribution in [3.05, 3.63) is 64.9 Å². The van der Waals surface area contributed by atoms with Gasteiger partial charge in [0.1, 0.15) is 6.04 Å². The summed E-state index contributed by atoms with van der Waals surface area (Å²) in [4.78, 5) is 42.9. The molecule has 3 rings (SSSR count). The van der Waals surface area contributed by atoms with Crippen LogP contribution in [-0.2, 0) is 4.79 Å². The van der Waals surface area contributed by atoms with Crippen molar-refractivity contribution >= 4 is 29.3 Å². The van der Waals surface area contributed by atoms with Crippen LogP contribution in [0.1, 0.15) is 40.5 Å². The van der Waals surface area contributed by atoms with Gasteiger partial charge in [0.05, 0.1) is 16.1 Å². The molecule has 8 heteroatoms. The van der Waals surface area contributed by atoms with Gasteiger partial charge in [0.15, 0.2) is 0 Å². The van der Waals surface area contributed by atoms with Crippen LogP contribution in [-0.4, -0.2) is 52.8 Å². The van der Waals surface area contributed by atoms with Crippen LogP contribution in [0.3, 0.4) is 0 Å². The first kappa shape index (κ1) is 20.8. The minimum atomic E-state index is -0.666. The molecular weight excluding hydrogens is 392 g/mol. The standard InChI is InChI=1S/C21H23ClN4O3/c1-14(24-20(28)17-6-2-3-7-18(17)22)21(29)26-11-8-16(9-12-26)25-19(27)15-5-4-10-23-13-15/h2-7,10,13-14,16H,8-9,11-12H2,1H3,(H,24,28)(H,25,27). The second kappa shape index (κ2) is 9.52. The average Bonchev–Trinajstić information content (AvgIpc) is 2.74. The molecule has 0 aliphatic carbocycles. The Hall–Kier alpha value is -2.93. The minimum Gasteiger partial charge on any atom is -0.349 e. The first-order valence-corrected chi connectivity index (χ1v) is 9.88. The molecule has 1 aliphatic heterocycles. The smallest absolute Gasteiger partial charge is 0.253 e. The molecule has 29 heavy (non-hydrogen) atoms. The predicted molar refractivity (Wildman–Crippen MR) is 110 cm³/mol. The van der Waals surface area contributed by atoms with Crippen molar-refractivity contribution in [3.63, 3.8) is 0 Å². The highest BCUT2D eigenvalue weighted by atomic mass is 35.5. The van der Waals surface area contributed by atoms with E-state index in [1.54, 1.807) is 54.4 Å². The molecule has 2 heterocycles. The van der Waals surface area contributed by atoms with Crippen LogP contribution >= 0.6 is 11.6 Å². The van der Waals surface area contributed by atoms with E-state index in [-0.39, 0.29) is 23.8 Å². The number of amides is 3. The maximum absolute atomic E-state index is 12.7. The fourth-order valence-electron chi connectivity index (χ4n) is 3.27. The molecule has 0 bridgehead atoms. The molecule has 2 aromatic rings. The van der Waals surface area contributed by atoms with E-state index in [9.17, 15) is 14.4 Å². The van der Waals surface area contributed by atoms with Gasteiger partial charge in [-0.1, -0.05) is 23.7 Å². The molecule has 1 atom stereocenters. The minimum absolute atomic E-state index is 0.000205. The summed E-state index contributed by atoms with van der Waals surface area (Å²) in [5.41, 5.74) is 0.854. The third-order valence-electron chi connectivity index (χ3n) is 4.90. The Kier molecular flexibility index (Phi) is 6.82. The fourth-order valence-corrected chi connectivity index (χ4v) is 3.49. The van der Waals surface area contributed by atoms with Gasteiger partial charge in [0.25, 0.3) is 11.8 Å². The number of halogens is 1. The lowest BCUT2D eigenvalue weighted by molar-refractivity contribution is -0.133. The van der Waals surface area contributed by atoms with Crippen LogP contribution in [0.4, 0.5) is 0 Å². The molecule has 1 fully saturated rings. The van der Waals surface area contributed by atoms with E-state index in [2.05, 4.69) is 15.6 Å². The van der Waals surface area contributed by atoms with Crippen LogP contribution in [0.15, 0.2) is 48.8 Å². The van der Waals surface area contributed by atoms with Gasteiger partial charge in [-0.25, -0.2) is 0 Å². The number of piperidine rings is 1. The lowest BCUT2D eigenvalue weighted by Gasteiger charge is -2.34. The second-order valence-corrected chi connectivity index (χ2v) is 7.40. The Morgan fingerprint density at radius 3 is 2.48 bits per heavy atom. The van der Waals surface area contributed by atoms with Gasteiger partial charge in [-0.15, -0.1) is 0 Å². The Labute approximate surface area is 174 Å². The molecule has 1 unspecified atom stereocenters. The number of carbonyl (C=O) groups excluding carboxylic acids is 3. The predicted octanol–water partition coefficient (Wildman–Crippen LogP) is 2.27. The number of nitrogens with zero attached hydrogens (tertiary/aromatic N) is 2. The Bertz CT molecular complexity index is 883. The molecule has 7 nitrogen and oxygen atoms in total. The van der Waals surface area contributed by atoms with Crippen LogP contribution in [0, 0.1) is 0 Å². The topological polar surface area (TPSA) is 91.4 Å². The van der Waals surface area contributed by atoms with Crippen molar-refractivity contribution in [1.29, 1.82) is 0 Å². The zero-order valence-electron chi connectivity index (χ0n) is 16.1. The molecule has 0 spiro atoms. The van der Waals surface area contributed by atoms with Gasteiger partial charge in [0.2, 0.25) is 5.91 Å². The van der Waals surface area contributed by atoms with Gasteiger partial charge in [-0.3, -0.25) is 19.4 Å². The number of hydrogen-bond donors (Lipinski definition) is 2. The molecular formula is C21H23ClN4O3. The maximum atomic E-state index is 12.7. The summed E-state index contributed by atoms with van der Waals surface area (Å²) in [5.74, 6) is -0.694. The van der Waals surface area contributed by atoms with Crippen molar-refractivity contribution in [2.75, 3.05) is 13.1 Å². The highest BCUT2D eigenvalue weighted by Gasteiger charge is 2.28. The zero-order chi connectivity index (χ0) is 20.8. The van der Waals surface area contributed by atoms with Crippen LogP contribution < -0.4 is 10.6 Å². The number of hydrogen-bond acceptors (Lipinski definition) is 4. The molecule has 1 aliphatic rings. The number of likely N-dealkylation sites (tertiary alicyclic amines) is 1. The van der Waals surface area contributed by atoms with E-state index in [0.29, 0.717) is 42.1 Å². The van der Waals surface area contributed by atoms with Crippen molar-refractivity contribution in [2.24, 2.45) is 0 Å². The molecule has 1 aromatic heterocycles. The summed E-state index contributed by atoms with van der Waals surface area (Å²) in [5, 5.41) is 6.03. The monoisotopic (exact) mass is 414 g/mol. The first-order chi connectivity index (χ1) is 14.0. The lowest BCUT2D eigenvalue weighted by Crippen LogP contribution is -2.52. The zero-order valence-corrected chi connectivity index (χ0v) is 16.9. The summed E-state index contributed by atoms with van der Waals surface area (Å²) in [6.07, 6.45) is 4.45. The van der Waals surface area contributed by atoms with Gasteiger partial charge < -0.3 is 15.5 Å². The van der Waals surface area contributed by atoms with E-state index in [4.69, 9.17) is 11.6 Å². The number of pyridine rings is 1. The molecule has 1 saturated heterocycles. The summed E-state index contributed by atoms with van der Waals surface area (Å²) >= 11 is 6.04. The third kappa shape index (κ3) is 5.32. The van der Waals surface area contributed by atoms with E-state index in [1.807, 2.05) is 0 Å². The summed E-state index contributed by atoms with van der Waals surface area (Å²) in [7, 11) is 0. The average molecular weight is 415 g/mol. The largest absolute Gasteiger partial charge is 0.349 e. The van der Waals surface area contributed by atoms with E-state index in [0.717, 1.165) is 0 Å². The summed E-state index contributed by atoms with van der Waals surface area (Å²) in [6.45, 7) is 2.69. The Morgan fingerprint density at radius 1 is 1.10 bits per heavy atom. The fraction of sp³-hybridized carbons (Fsp3) is 0.333. The van der Waals surface area contributed by atoms with Gasteiger partial charge in [-0.05, 0) is 44.0 Å². The summed E-state index contributed by atoms with van der Waals surface area (Å²) < 4.78 is 0. The molecule has 3 amide bonds. The van der Waals surface area contributed by atoms with Crippen molar-refractivity contribution in [1.82, 2.24) is 20.5 Å². The maximum Gasteiger partial charge on any atom is 0.253 e. The molecule has 0 radical (unpaired) electrons. The lowest BCUT2D eigenvalue weighted by atomic mass is 10.0. The molecule has 152 valence electrons. The van der Waals surface area contributed by atoms with Crippen molar-refractivity contribution in [3.8, 4) is 0 Å². The Morgan fingerprint density at radius 2 is 1.83 bits per heavy atom. The van der Waals surface area contributed by atoms with Crippen molar-refractivity contribution < 1.29 is 14.4 Å². The van der Waals surface area contributed by atoms with Crippen LogP contribution in [0.25, 0.3) is 0 Å². The van der Waals surface area contributed by atoms with Gasteiger partial charge >= 0.3 is 0 Å². The normalized spacial score (nSPS) is 15.4. The van der Waals surface area contributed by atoms with Gasteiger partial charge in [-0.2, -0.15) is 0 Å². The SMILES string of the molecule is CC(NC(=O)c1ccccc1Cl)C(=O)N1CCC(NC(=O)c2cccnc2)CC1. The number of rotatable bonds is 5. The summed E-state index contributed by atoms with van der Waals surface area (Å²) in [6, 6.07) is 9.47. The number of aromatic nitrogens is 1. The quantitative estimate of drug-likeness (QED) is 0.785. The van der Waals surface area contributed by atoms with E-state index >= 15 is 0 Å². The Balaban J connectivity index is 1.48. The van der Waals surface area contributed by atoms with Crippen LogP contribution in [0.5, 0.6) is 0 Å². The third-order valence-corrected chi connectivity index (χ3v) is 5.23. The van der Waals surface area contributed by atoms with E-state index < -0.39 is 6.04 Å². The number of nitrogens with one attached hydrogen (secondary N) is 2. The van der Waals surface area contributed by atoms with E-state index in [1.165, 1.54) is 6.20 Å². The van der Waals surface area contributed by atoms with Crippen LogP contribution in [0.2, 0.25) is 5.02 Å². The molecule has 2 N–H and O–H groups in total. The molecule has 0 saturated carbocycles. The highest BCUT2D eigenvalue weighted by Crippen LogP contribution is 2.16. The number of carbonyl (C=O) groups is 3. The second-order valence-electron chi connectivity index (χ2n) is 6.99. The van der Waals surface area contributed by atoms with Crippen molar-refractivity contribution in [2.45, 2.75) is 31.8 Å². The molecule has 1 aromatic carbocycles. The number of benzene rings is 1.